The number of halogens is 3. The third kappa shape index (κ3) is 5.05. The number of nitrogens with zero attached hydrogens (tertiary/aromatic N) is 3. The maximum Gasteiger partial charge on any atom is 0.234 e. The van der Waals surface area contributed by atoms with Crippen LogP contribution in [0, 0.1) is 0 Å². The van der Waals surface area contributed by atoms with Gasteiger partial charge in [0, 0.05) is 16.3 Å². The number of aromatic nitrogens is 3. The fraction of sp³-hybridized carbons (Fsp3) is 0.0455. The summed E-state index contributed by atoms with van der Waals surface area (Å²) in [6.07, 6.45) is 0. The molecule has 1 amide bonds. The van der Waals surface area contributed by atoms with Crippen LogP contribution in [-0.2, 0) is 4.79 Å². The van der Waals surface area contributed by atoms with E-state index in [9.17, 15) is 4.79 Å². The lowest BCUT2D eigenvalue weighted by atomic mass is 10.2. The normalized spacial score (nSPS) is 10.8. The molecule has 0 aliphatic rings. The number of carbonyl (C=O) groups excluding carboxylic acids is 1. The van der Waals surface area contributed by atoms with Crippen molar-refractivity contribution in [3.63, 3.8) is 0 Å². The number of benzene rings is 3. The Kier molecular flexibility index (Phi) is 6.83. The second-order valence-electron chi connectivity index (χ2n) is 6.42. The molecule has 1 aromatic heterocycles. The van der Waals surface area contributed by atoms with Crippen molar-refractivity contribution in [2.24, 2.45) is 0 Å². The fourth-order valence-electron chi connectivity index (χ4n) is 2.90. The van der Waals surface area contributed by atoms with E-state index in [1.807, 2.05) is 53.1 Å². The van der Waals surface area contributed by atoms with Crippen molar-refractivity contribution in [2.75, 3.05) is 11.1 Å². The van der Waals surface area contributed by atoms with Gasteiger partial charge in [0.25, 0.3) is 0 Å². The SMILES string of the molecule is O=C(CSc1nnc(-c2ccccc2Cl)n1-c1ccccc1)Nc1cc(Cl)ccc1Cl. The van der Waals surface area contributed by atoms with Crippen LogP contribution in [0.4, 0.5) is 5.69 Å². The van der Waals surface area contributed by atoms with Crippen LogP contribution in [0.5, 0.6) is 0 Å². The number of thioether (sulfide) groups is 1. The largest absolute Gasteiger partial charge is 0.324 e. The third-order valence-electron chi connectivity index (χ3n) is 4.30. The third-order valence-corrected chi connectivity index (χ3v) is 6.12. The Morgan fingerprint density at radius 1 is 0.903 bits per heavy atom. The van der Waals surface area contributed by atoms with E-state index in [1.54, 1.807) is 24.3 Å². The first-order chi connectivity index (χ1) is 15.0. The standard InChI is InChI=1S/C22H15Cl3N4OS/c23-14-10-11-18(25)19(12-14)26-20(30)13-31-22-28-27-21(16-8-4-5-9-17(16)24)29(22)15-6-2-1-3-7-15/h1-12H,13H2,(H,26,30). The summed E-state index contributed by atoms with van der Waals surface area (Å²) >= 11 is 19.8. The van der Waals surface area contributed by atoms with Crippen LogP contribution in [0.1, 0.15) is 0 Å². The maximum absolute atomic E-state index is 12.5. The minimum absolute atomic E-state index is 0.107. The Labute approximate surface area is 198 Å². The van der Waals surface area contributed by atoms with Gasteiger partial charge in [-0.15, -0.1) is 10.2 Å². The summed E-state index contributed by atoms with van der Waals surface area (Å²) in [5.41, 5.74) is 2.08. The number of nitrogens with one attached hydrogen (secondary N) is 1. The van der Waals surface area contributed by atoms with Gasteiger partial charge in [-0.3, -0.25) is 9.36 Å². The summed E-state index contributed by atoms with van der Waals surface area (Å²) < 4.78 is 1.88. The summed E-state index contributed by atoms with van der Waals surface area (Å²) in [7, 11) is 0. The molecule has 5 nitrogen and oxygen atoms in total. The zero-order valence-corrected chi connectivity index (χ0v) is 19.0. The van der Waals surface area contributed by atoms with Crippen molar-refractivity contribution in [3.8, 4) is 17.1 Å². The van der Waals surface area contributed by atoms with Crippen LogP contribution in [0.2, 0.25) is 15.1 Å². The molecule has 156 valence electrons. The van der Waals surface area contributed by atoms with Gasteiger partial charge in [0.05, 0.1) is 21.5 Å². The molecule has 4 aromatic rings. The van der Waals surface area contributed by atoms with Crippen molar-refractivity contribution < 1.29 is 4.79 Å². The minimum Gasteiger partial charge on any atom is -0.324 e. The molecular formula is C22H15Cl3N4OS. The first-order valence-electron chi connectivity index (χ1n) is 9.16. The summed E-state index contributed by atoms with van der Waals surface area (Å²) in [4.78, 5) is 12.5. The molecule has 1 heterocycles. The summed E-state index contributed by atoms with van der Waals surface area (Å²) in [6.45, 7) is 0. The number of rotatable bonds is 6. The molecular weight excluding hydrogens is 475 g/mol. The van der Waals surface area contributed by atoms with Crippen LogP contribution in [-0.4, -0.2) is 26.4 Å². The van der Waals surface area contributed by atoms with Crippen molar-refractivity contribution in [1.29, 1.82) is 0 Å². The highest BCUT2D eigenvalue weighted by atomic mass is 35.5. The van der Waals surface area contributed by atoms with Gasteiger partial charge in [0.15, 0.2) is 11.0 Å². The van der Waals surface area contributed by atoms with Crippen molar-refractivity contribution >= 4 is 58.2 Å². The van der Waals surface area contributed by atoms with Gasteiger partial charge in [-0.1, -0.05) is 76.9 Å². The molecule has 9 heteroatoms. The van der Waals surface area contributed by atoms with Crippen LogP contribution >= 0.6 is 46.6 Å². The van der Waals surface area contributed by atoms with E-state index in [1.165, 1.54) is 11.8 Å². The molecule has 0 aliphatic heterocycles. The second-order valence-corrected chi connectivity index (χ2v) is 8.61. The molecule has 0 bridgehead atoms. The molecule has 0 unspecified atom stereocenters. The van der Waals surface area contributed by atoms with Gasteiger partial charge in [-0.05, 0) is 42.5 Å². The lowest BCUT2D eigenvalue weighted by molar-refractivity contribution is -0.113. The number of hydrogen-bond donors (Lipinski definition) is 1. The van der Waals surface area contributed by atoms with Gasteiger partial charge < -0.3 is 5.32 Å². The van der Waals surface area contributed by atoms with E-state index < -0.39 is 0 Å². The minimum atomic E-state index is -0.240. The number of carbonyl (C=O) groups is 1. The van der Waals surface area contributed by atoms with Crippen molar-refractivity contribution in [1.82, 2.24) is 14.8 Å². The Hall–Kier alpha value is -2.51. The van der Waals surface area contributed by atoms with E-state index in [0.717, 1.165) is 11.3 Å². The van der Waals surface area contributed by atoms with Crippen LogP contribution in [0.15, 0.2) is 78.0 Å². The smallest absolute Gasteiger partial charge is 0.234 e. The Morgan fingerprint density at radius 3 is 2.42 bits per heavy atom. The molecule has 0 saturated carbocycles. The summed E-state index contributed by atoms with van der Waals surface area (Å²) in [6, 6.07) is 22.0. The van der Waals surface area contributed by atoms with E-state index >= 15 is 0 Å². The Bertz CT molecular complexity index is 1230. The number of amides is 1. The zero-order valence-electron chi connectivity index (χ0n) is 15.9. The highest BCUT2D eigenvalue weighted by Gasteiger charge is 2.19. The molecule has 0 saturated heterocycles. The van der Waals surface area contributed by atoms with Crippen molar-refractivity contribution in [3.05, 3.63) is 87.9 Å². The van der Waals surface area contributed by atoms with E-state index in [4.69, 9.17) is 34.8 Å². The maximum atomic E-state index is 12.5. The van der Waals surface area contributed by atoms with E-state index in [2.05, 4.69) is 15.5 Å². The van der Waals surface area contributed by atoms with Gasteiger partial charge in [0.2, 0.25) is 5.91 Å². The lowest BCUT2D eigenvalue weighted by Crippen LogP contribution is -2.15. The first kappa shape index (κ1) is 21.7. The molecule has 0 fully saturated rings. The van der Waals surface area contributed by atoms with Gasteiger partial charge in [0.1, 0.15) is 0 Å². The fourth-order valence-corrected chi connectivity index (χ4v) is 4.21. The van der Waals surface area contributed by atoms with Crippen LogP contribution in [0.25, 0.3) is 17.1 Å². The quantitative estimate of drug-likeness (QED) is 0.309. The number of hydrogen-bond acceptors (Lipinski definition) is 4. The molecule has 1 N–H and O–H groups in total. The van der Waals surface area contributed by atoms with Gasteiger partial charge in [-0.2, -0.15) is 0 Å². The van der Waals surface area contributed by atoms with Crippen molar-refractivity contribution in [2.45, 2.75) is 5.16 Å². The average molecular weight is 490 g/mol. The molecule has 3 aromatic carbocycles. The van der Waals surface area contributed by atoms with Gasteiger partial charge in [-0.25, -0.2) is 0 Å². The van der Waals surface area contributed by atoms with Gasteiger partial charge >= 0.3 is 0 Å². The Balaban J connectivity index is 1.61. The molecule has 0 atom stereocenters. The predicted molar refractivity (Wildman–Crippen MR) is 128 cm³/mol. The molecule has 4 rings (SSSR count). The predicted octanol–water partition coefficient (Wildman–Crippen LogP) is 6.63. The highest BCUT2D eigenvalue weighted by molar-refractivity contribution is 7.99. The monoisotopic (exact) mass is 488 g/mol. The molecule has 0 radical (unpaired) electrons. The molecule has 31 heavy (non-hydrogen) atoms. The molecule has 0 spiro atoms. The van der Waals surface area contributed by atoms with Crippen LogP contribution < -0.4 is 5.32 Å². The summed E-state index contributed by atoms with van der Waals surface area (Å²) in [5, 5.41) is 13.5. The number of anilines is 1. The second kappa shape index (κ2) is 9.75. The molecule has 0 aliphatic carbocycles. The topological polar surface area (TPSA) is 59.8 Å². The Morgan fingerprint density at radius 2 is 1.65 bits per heavy atom. The highest BCUT2D eigenvalue weighted by Crippen LogP contribution is 2.32. The number of para-hydroxylation sites is 1. The first-order valence-corrected chi connectivity index (χ1v) is 11.3. The van der Waals surface area contributed by atoms with E-state index in [-0.39, 0.29) is 11.7 Å². The lowest BCUT2D eigenvalue weighted by Gasteiger charge is -2.11. The van der Waals surface area contributed by atoms with Crippen LogP contribution in [0.3, 0.4) is 0 Å². The summed E-state index contributed by atoms with van der Waals surface area (Å²) in [5.74, 6) is 0.463. The zero-order chi connectivity index (χ0) is 21.8. The van der Waals surface area contributed by atoms with E-state index in [0.29, 0.717) is 31.7 Å². The average Bonchev–Trinajstić information content (AvgIpc) is 3.19.